The Morgan fingerprint density at radius 3 is 2.72 bits per heavy atom. The Balaban J connectivity index is 2.14. The van der Waals surface area contributed by atoms with Crippen molar-refractivity contribution in [3.05, 3.63) is 46.5 Å². The van der Waals surface area contributed by atoms with E-state index in [1.54, 1.807) is 18.2 Å². The number of hydrogen-bond donors (Lipinski definition) is 2. The van der Waals surface area contributed by atoms with E-state index >= 15 is 0 Å². The summed E-state index contributed by atoms with van der Waals surface area (Å²) in [5.74, 6) is -1.97. The Labute approximate surface area is 144 Å². The molecule has 2 aromatic rings. The Morgan fingerprint density at radius 1 is 1.36 bits per heavy atom. The molecule has 0 aliphatic carbocycles. The van der Waals surface area contributed by atoms with Crippen LogP contribution in [-0.2, 0) is 9.53 Å². The summed E-state index contributed by atoms with van der Waals surface area (Å²) < 4.78 is 6.72. The summed E-state index contributed by atoms with van der Waals surface area (Å²) in [6.45, 7) is 5.71. The second-order valence-corrected chi connectivity index (χ2v) is 6.52. The molecule has 8 heteroatoms. The molecule has 0 bridgehead atoms. The summed E-state index contributed by atoms with van der Waals surface area (Å²) >= 11 is 0. The lowest BCUT2D eigenvalue weighted by molar-refractivity contribution is -0.140. The molecule has 0 fully saturated rings. The van der Waals surface area contributed by atoms with E-state index in [0.29, 0.717) is 5.65 Å². The smallest absolute Gasteiger partial charge is 0.326 e. The summed E-state index contributed by atoms with van der Waals surface area (Å²) in [4.78, 5) is 40.1. The fourth-order valence-electron chi connectivity index (χ4n) is 2.16. The van der Waals surface area contributed by atoms with E-state index in [-0.39, 0.29) is 18.6 Å². The number of amides is 1. The van der Waals surface area contributed by atoms with Crippen molar-refractivity contribution in [3.63, 3.8) is 0 Å². The minimum atomic E-state index is -1.19. The lowest BCUT2D eigenvalue weighted by Gasteiger charge is -2.21. The van der Waals surface area contributed by atoms with Crippen molar-refractivity contribution in [3.8, 4) is 0 Å². The van der Waals surface area contributed by atoms with Crippen LogP contribution in [0.15, 0.2) is 35.4 Å². The first-order valence-corrected chi connectivity index (χ1v) is 7.83. The number of nitrogens with one attached hydrogen (secondary N) is 1. The van der Waals surface area contributed by atoms with Gasteiger partial charge in [-0.1, -0.05) is 6.07 Å². The Morgan fingerprint density at radius 2 is 2.08 bits per heavy atom. The van der Waals surface area contributed by atoms with Crippen LogP contribution in [0.2, 0.25) is 0 Å². The summed E-state index contributed by atoms with van der Waals surface area (Å²) in [6.07, 6.45) is 2.73. The zero-order valence-electron chi connectivity index (χ0n) is 14.4. The molecule has 0 aromatic carbocycles. The van der Waals surface area contributed by atoms with Crippen molar-refractivity contribution in [2.45, 2.75) is 38.8 Å². The van der Waals surface area contributed by atoms with Crippen LogP contribution >= 0.6 is 0 Å². The second-order valence-electron chi connectivity index (χ2n) is 6.52. The predicted molar refractivity (Wildman–Crippen MR) is 90.7 cm³/mol. The van der Waals surface area contributed by atoms with Gasteiger partial charge in [-0.2, -0.15) is 0 Å². The number of aliphatic carboxylic acids is 1. The fourth-order valence-corrected chi connectivity index (χ4v) is 2.16. The molecule has 0 aliphatic heterocycles. The highest BCUT2D eigenvalue weighted by atomic mass is 16.5. The van der Waals surface area contributed by atoms with Crippen LogP contribution in [-0.4, -0.2) is 44.6 Å². The van der Waals surface area contributed by atoms with Crippen LogP contribution in [0.25, 0.3) is 5.65 Å². The van der Waals surface area contributed by atoms with Crippen molar-refractivity contribution in [2.75, 3.05) is 6.61 Å². The first kappa shape index (κ1) is 18.6. The maximum Gasteiger partial charge on any atom is 0.326 e. The Bertz CT molecular complexity index is 838. The topological polar surface area (TPSA) is 110 Å². The van der Waals surface area contributed by atoms with E-state index in [1.165, 1.54) is 10.6 Å². The number of nitrogens with zero attached hydrogens (tertiary/aromatic N) is 2. The molecule has 8 nitrogen and oxygen atoms in total. The van der Waals surface area contributed by atoms with E-state index in [0.717, 1.165) is 6.20 Å². The van der Waals surface area contributed by atoms with Crippen molar-refractivity contribution in [1.29, 1.82) is 0 Å². The number of ether oxygens (including phenoxy) is 1. The molecule has 0 saturated heterocycles. The highest BCUT2D eigenvalue weighted by Gasteiger charge is 2.23. The van der Waals surface area contributed by atoms with Crippen molar-refractivity contribution in [1.82, 2.24) is 14.7 Å². The van der Waals surface area contributed by atoms with Gasteiger partial charge in [0.15, 0.2) is 0 Å². The molecule has 2 aromatic heterocycles. The van der Waals surface area contributed by atoms with Crippen molar-refractivity contribution < 1.29 is 19.4 Å². The van der Waals surface area contributed by atoms with Gasteiger partial charge in [0.25, 0.3) is 11.5 Å². The van der Waals surface area contributed by atoms with Gasteiger partial charge in [-0.05, 0) is 32.9 Å². The van der Waals surface area contributed by atoms with E-state index in [1.807, 2.05) is 20.8 Å². The van der Waals surface area contributed by atoms with Gasteiger partial charge in [0.2, 0.25) is 0 Å². The fraction of sp³-hybridized carbons (Fsp3) is 0.412. The van der Waals surface area contributed by atoms with Gasteiger partial charge in [0, 0.05) is 25.4 Å². The number of carboxylic acids is 1. The van der Waals surface area contributed by atoms with Gasteiger partial charge < -0.3 is 15.2 Å². The van der Waals surface area contributed by atoms with Crippen LogP contribution in [0.3, 0.4) is 0 Å². The molecule has 2 rings (SSSR count). The lowest BCUT2D eigenvalue weighted by Crippen LogP contribution is -2.44. The monoisotopic (exact) mass is 347 g/mol. The molecule has 0 saturated carbocycles. The van der Waals surface area contributed by atoms with Gasteiger partial charge in [-0.3, -0.25) is 14.0 Å². The second kappa shape index (κ2) is 7.43. The van der Waals surface area contributed by atoms with Crippen molar-refractivity contribution in [2.24, 2.45) is 0 Å². The standard InChI is InChI=1S/C17H21N3O5/c1-17(2,3)25-9-7-12(16(23)24)19-14(21)11-10-18-13-6-4-5-8-20(13)15(11)22/h4-6,8,10,12H,7,9H2,1-3H3,(H,19,21)(H,23,24). The van der Waals surface area contributed by atoms with Crippen LogP contribution in [0.1, 0.15) is 37.6 Å². The molecule has 0 aliphatic rings. The van der Waals surface area contributed by atoms with E-state index in [9.17, 15) is 19.5 Å². The molecule has 1 atom stereocenters. The average molecular weight is 347 g/mol. The molecule has 134 valence electrons. The quantitative estimate of drug-likeness (QED) is 0.809. The van der Waals surface area contributed by atoms with Crippen LogP contribution in [0.4, 0.5) is 0 Å². The van der Waals surface area contributed by atoms with Gasteiger partial charge in [0.1, 0.15) is 17.3 Å². The number of rotatable bonds is 6. The van der Waals surface area contributed by atoms with Gasteiger partial charge >= 0.3 is 5.97 Å². The van der Waals surface area contributed by atoms with Gasteiger partial charge in [-0.25, -0.2) is 9.78 Å². The molecule has 0 spiro atoms. The van der Waals surface area contributed by atoms with Crippen LogP contribution in [0, 0.1) is 0 Å². The van der Waals surface area contributed by atoms with Gasteiger partial charge in [0.05, 0.1) is 5.60 Å². The lowest BCUT2D eigenvalue weighted by atomic mass is 10.1. The summed E-state index contributed by atoms with van der Waals surface area (Å²) in [7, 11) is 0. The van der Waals surface area contributed by atoms with Crippen molar-refractivity contribution >= 4 is 17.5 Å². The minimum Gasteiger partial charge on any atom is -0.480 e. The SMILES string of the molecule is CC(C)(C)OCCC(NC(=O)c1cnc2ccccn2c1=O)C(=O)O. The number of hydrogen-bond acceptors (Lipinski definition) is 5. The van der Waals surface area contributed by atoms with Crippen LogP contribution in [0.5, 0.6) is 0 Å². The number of carbonyl (C=O) groups excluding carboxylic acids is 1. The van der Waals surface area contributed by atoms with E-state index < -0.39 is 29.1 Å². The molecule has 1 unspecified atom stereocenters. The zero-order chi connectivity index (χ0) is 18.6. The predicted octanol–water partition coefficient (Wildman–Crippen LogP) is 1.08. The normalized spacial score (nSPS) is 12.8. The van der Waals surface area contributed by atoms with E-state index in [2.05, 4.69) is 10.3 Å². The van der Waals surface area contributed by atoms with E-state index in [4.69, 9.17) is 4.74 Å². The number of pyridine rings is 1. The molecule has 2 N–H and O–H groups in total. The highest BCUT2D eigenvalue weighted by molar-refractivity contribution is 5.96. The Kier molecular flexibility index (Phi) is 5.53. The zero-order valence-corrected chi connectivity index (χ0v) is 14.4. The minimum absolute atomic E-state index is 0.0840. The summed E-state index contributed by atoms with van der Waals surface area (Å²) in [6, 6.07) is 3.83. The maximum absolute atomic E-state index is 12.4. The van der Waals surface area contributed by atoms with Crippen LogP contribution < -0.4 is 10.9 Å². The Hall–Kier alpha value is -2.74. The molecular formula is C17H21N3O5. The number of aromatic nitrogens is 2. The molecular weight excluding hydrogens is 326 g/mol. The number of carbonyl (C=O) groups is 2. The largest absolute Gasteiger partial charge is 0.480 e. The number of carboxylic acid groups (broad SMARTS) is 1. The first-order chi connectivity index (χ1) is 11.7. The molecule has 25 heavy (non-hydrogen) atoms. The summed E-state index contributed by atoms with van der Waals surface area (Å²) in [5.41, 5.74) is -0.781. The number of fused-ring (bicyclic) bond motifs is 1. The highest BCUT2D eigenvalue weighted by Crippen LogP contribution is 2.08. The maximum atomic E-state index is 12.4. The third-order valence-electron chi connectivity index (χ3n) is 3.40. The van der Waals surface area contributed by atoms with Gasteiger partial charge in [-0.15, -0.1) is 0 Å². The third-order valence-corrected chi connectivity index (χ3v) is 3.40. The summed E-state index contributed by atoms with van der Waals surface area (Å²) in [5, 5.41) is 11.6. The molecule has 2 heterocycles. The molecule has 0 radical (unpaired) electrons. The first-order valence-electron chi connectivity index (χ1n) is 7.83. The third kappa shape index (κ3) is 4.87. The average Bonchev–Trinajstić information content (AvgIpc) is 2.53. The molecule has 1 amide bonds.